The van der Waals surface area contributed by atoms with Gasteiger partial charge < -0.3 is 24.2 Å². The second kappa shape index (κ2) is 11.2. The number of ketones is 1. The van der Waals surface area contributed by atoms with E-state index in [4.69, 9.17) is 14.2 Å². The molecule has 0 bridgehead atoms. The van der Waals surface area contributed by atoms with Gasteiger partial charge in [-0.1, -0.05) is 48.0 Å². The van der Waals surface area contributed by atoms with E-state index in [2.05, 4.69) is 0 Å². The molecule has 0 aromatic heterocycles. The first-order valence-electron chi connectivity index (χ1n) is 12.0. The maximum Gasteiger partial charge on any atom is 0.337 e. The number of carbonyl (C=O) groups is 3. The molecule has 196 valence electrons. The topological polar surface area (TPSA) is 102 Å². The van der Waals surface area contributed by atoms with Crippen molar-refractivity contribution in [1.82, 2.24) is 4.90 Å². The molecule has 1 aliphatic rings. The van der Waals surface area contributed by atoms with Crippen LogP contribution in [0.1, 0.15) is 38.7 Å². The lowest BCUT2D eigenvalue weighted by molar-refractivity contribution is -0.139. The number of hydrogen-bond donors (Lipinski definition) is 1. The minimum absolute atomic E-state index is 0.00279. The van der Waals surface area contributed by atoms with Crippen LogP contribution in [0.5, 0.6) is 11.5 Å². The lowest BCUT2D eigenvalue weighted by Crippen LogP contribution is -2.31. The third-order valence-corrected chi connectivity index (χ3v) is 6.60. The van der Waals surface area contributed by atoms with E-state index in [1.807, 2.05) is 31.2 Å². The molecular weight excluding hydrogens is 486 g/mol. The van der Waals surface area contributed by atoms with Gasteiger partial charge in [0.05, 0.1) is 38.5 Å². The van der Waals surface area contributed by atoms with Gasteiger partial charge in [0.15, 0.2) is 11.5 Å². The molecule has 4 rings (SSSR count). The molecule has 8 heteroatoms. The highest BCUT2D eigenvalue weighted by molar-refractivity contribution is 6.46. The number of esters is 1. The highest BCUT2D eigenvalue weighted by atomic mass is 16.5. The highest BCUT2D eigenvalue weighted by Crippen LogP contribution is 2.40. The summed E-state index contributed by atoms with van der Waals surface area (Å²) in [4.78, 5) is 39.9. The van der Waals surface area contributed by atoms with Crippen molar-refractivity contribution >= 4 is 23.4 Å². The van der Waals surface area contributed by atoms with Crippen LogP contribution in [0.3, 0.4) is 0 Å². The van der Waals surface area contributed by atoms with E-state index in [0.717, 1.165) is 11.1 Å². The summed E-state index contributed by atoms with van der Waals surface area (Å²) in [5, 5.41) is 11.2. The van der Waals surface area contributed by atoms with Gasteiger partial charge in [-0.2, -0.15) is 0 Å². The first-order chi connectivity index (χ1) is 18.3. The molecule has 0 spiro atoms. The van der Waals surface area contributed by atoms with Crippen LogP contribution in [-0.4, -0.2) is 55.5 Å². The fourth-order valence-corrected chi connectivity index (χ4v) is 4.53. The van der Waals surface area contributed by atoms with E-state index in [-0.39, 0.29) is 17.9 Å². The Balaban J connectivity index is 1.75. The van der Waals surface area contributed by atoms with Gasteiger partial charge in [0, 0.05) is 12.1 Å². The number of hydrogen-bond acceptors (Lipinski definition) is 7. The van der Waals surface area contributed by atoms with E-state index in [1.165, 1.54) is 12.0 Å². The summed E-state index contributed by atoms with van der Waals surface area (Å²) in [5.41, 5.74) is 3.21. The van der Waals surface area contributed by atoms with Gasteiger partial charge in [-0.15, -0.1) is 0 Å². The SMILES string of the molecule is COC(=O)c1ccc([C@@H]2C(=C(O)c3ccc(C)cc3)C(=O)C(=O)N2CCc2ccc(OC)c(OC)c2)cc1. The highest BCUT2D eigenvalue weighted by Gasteiger charge is 2.45. The average molecular weight is 516 g/mol. The number of rotatable bonds is 8. The fourth-order valence-electron chi connectivity index (χ4n) is 4.53. The summed E-state index contributed by atoms with van der Waals surface area (Å²) >= 11 is 0. The molecule has 1 aliphatic heterocycles. The molecule has 1 fully saturated rings. The van der Waals surface area contributed by atoms with Crippen LogP contribution in [-0.2, 0) is 20.7 Å². The van der Waals surface area contributed by atoms with E-state index < -0.39 is 23.7 Å². The van der Waals surface area contributed by atoms with Crippen LogP contribution in [0.2, 0.25) is 0 Å². The number of carbonyl (C=O) groups excluding carboxylic acids is 3. The Morgan fingerprint density at radius 2 is 1.50 bits per heavy atom. The van der Waals surface area contributed by atoms with E-state index in [1.54, 1.807) is 56.7 Å². The van der Waals surface area contributed by atoms with Gasteiger partial charge >= 0.3 is 5.97 Å². The van der Waals surface area contributed by atoms with E-state index in [9.17, 15) is 19.5 Å². The first-order valence-corrected chi connectivity index (χ1v) is 12.0. The normalized spacial score (nSPS) is 16.4. The van der Waals surface area contributed by atoms with Crippen molar-refractivity contribution in [1.29, 1.82) is 0 Å². The summed E-state index contributed by atoms with van der Waals surface area (Å²) < 4.78 is 15.5. The maximum absolute atomic E-state index is 13.3. The molecule has 1 amide bonds. The summed E-state index contributed by atoms with van der Waals surface area (Å²) in [7, 11) is 4.39. The van der Waals surface area contributed by atoms with Crippen molar-refractivity contribution in [2.75, 3.05) is 27.9 Å². The largest absolute Gasteiger partial charge is 0.507 e. The van der Waals surface area contributed by atoms with Crippen molar-refractivity contribution in [3.8, 4) is 11.5 Å². The van der Waals surface area contributed by atoms with Crippen LogP contribution < -0.4 is 9.47 Å². The second-order valence-corrected chi connectivity index (χ2v) is 8.91. The number of aryl methyl sites for hydroxylation is 1. The molecule has 1 N–H and O–H groups in total. The lowest BCUT2D eigenvalue weighted by atomic mass is 9.94. The molecule has 3 aromatic carbocycles. The molecule has 38 heavy (non-hydrogen) atoms. The number of nitrogens with zero attached hydrogens (tertiary/aromatic N) is 1. The van der Waals surface area contributed by atoms with Crippen molar-refractivity contribution in [2.45, 2.75) is 19.4 Å². The molecule has 1 atom stereocenters. The zero-order valence-corrected chi connectivity index (χ0v) is 21.7. The average Bonchev–Trinajstić information content (AvgIpc) is 3.20. The van der Waals surface area contributed by atoms with Gasteiger partial charge in [-0.3, -0.25) is 9.59 Å². The Morgan fingerprint density at radius 1 is 0.868 bits per heavy atom. The molecule has 8 nitrogen and oxygen atoms in total. The Kier molecular flexibility index (Phi) is 7.81. The van der Waals surface area contributed by atoms with E-state index >= 15 is 0 Å². The number of benzene rings is 3. The van der Waals surface area contributed by atoms with Crippen LogP contribution in [0.15, 0.2) is 72.3 Å². The lowest BCUT2D eigenvalue weighted by Gasteiger charge is -2.25. The minimum Gasteiger partial charge on any atom is -0.507 e. The number of amides is 1. The third-order valence-electron chi connectivity index (χ3n) is 6.60. The minimum atomic E-state index is -0.844. The Labute approximate surface area is 221 Å². The number of ether oxygens (including phenoxy) is 3. The molecule has 3 aromatic rings. The van der Waals surface area contributed by atoms with Gasteiger partial charge in [-0.05, 0) is 48.7 Å². The van der Waals surface area contributed by atoms with Gasteiger partial charge in [0.1, 0.15) is 5.76 Å². The van der Waals surface area contributed by atoms with Crippen LogP contribution >= 0.6 is 0 Å². The summed E-state index contributed by atoms with van der Waals surface area (Å²) in [6.45, 7) is 2.12. The predicted octanol–water partition coefficient (Wildman–Crippen LogP) is 4.46. The van der Waals surface area contributed by atoms with Crippen LogP contribution in [0, 0.1) is 6.92 Å². The molecule has 1 saturated heterocycles. The van der Waals surface area contributed by atoms with Gasteiger partial charge in [0.25, 0.3) is 11.7 Å². The van der Waals surface area contributed by atoms with Gasteiger partial charge in [0.2, 0.25) is 0 Å². The quantitative estimate of drug-likeness (QED) is 0.204. The second-order valence-electron chi connectivity index (χ2n) is 8.91. The number of aliphatic hydroxyl groups excluding tert-OH is 1. The van der Waals surface area contributed by atoms with Crippen molar-refractivity contribution in [2.24, 2.45) is 0 Å². The molecule has 0 saturated carbocycles. The van der Waals surface area contributed by atoms with Crippen LogP contribution in [0.4, 0.5) is 0 Å². The molecular formula is C30H29NO7. The summed E-state index contributed by atoms with van der Waals surface area (Å²) in [6, 6.07) is 18.1. The monoisotopic (exact) mass is 515 g/mol. The summed E-state index contributed by atoms with van der Waals surface area (Å²) in [6.07, 6.45) is 0.425. The van der Waals surface area contributed by atoms with Gasteiger partial charge in [-0.25, -0.2) is 4.79 Å². The van der Waals surface area contributed by atoms with Crippen LogP contribution in [0.25, 0.3) is 5.76 Å². The Hall–Kier alpha value is -4.59. The molecule has 0 aliphatic carbocycles. The molecule has 0 radical (unpaired) electrons. The number of methoxy groups -OCH3 is 3. The van der Waals surface area contributed by atoms with Crippen molar-refractivity contribution in [3.05, 3.63) is 100 Å². The summed E-state index contributed by atoms with van der Waals surface area (Å²) in [5.74, 6) is -1.09. The Bertz CT molecular complexity index is 1390. The zero-order chi connectivity index (χ0) is 27.4. The number of likely N-dealkylation sites (tertiary alicyclic amines) is 1. The maximum atomic E-state index is 13.3. The molecule has 0 unspecified atom stereocenters. The van der Waals surface area contributed by atoms with E-state index in [0.29, 0.717) is 34.6 Å². The number of Topliss-reactive ketones (excluding diaryl/α,β-unsaturated/α-hetero) is 1. The number of aliphatic hydroxyl groups is 1. The standard InChI is InChI=1S/C30H29NO7/c1-18-5-8-21(9-6-18)27(32)25-26(20-10-12-22(13-11-20)30(35)38-4)31(29(34)28(25)33)16-15-19-7-14-23(36-2)24(17-19)37-3/h5-14,17,26,32H,15-16H2,1-4H3/t26-/m1/s1. The zero-order valence-electron chi connectivity index (χ0n) is 21.7. The third kappa shape index (κ3) is 5.11. The van der Waals surface area contributed by atoms with Crippen molar-refractivity contribution in [3.63, 3.8) is 0 Å². The van der Waals surface area contributed by atoms with Crippen molar-refractivity contribution < 1.29 is 33.7 Å². The first kappa shape index (κ1) is 26.5. The predicted molar refractivity (Wildman–Crippen MR) is 141 cm³/mol. The fraction of sp³-hybridized carbons (Fsp3) is 0.233. The smallest absolute Gasteiger partial charge is 0.337 e. The molecule has 1 heterocycles. The Morgan fingerprint density at radius 3 is 2.11 bits per heavy atom.